The van der Waals surface area contributed by atoms with Crippen LogP contribution in [0.25, 0.3) is 0 Å². The molecule has 1 aliphatic rings. The Bertz CT molecular complexity index is 546. The first kappa shape index (κ1) is 11.0. The lowest BCUT2D eigenvalue weighted by Crippen LogP contribution is -2.18. The molecule has 2 heteroatoms. The van der Waals surface area contributed by atoms with Crippen molar-refractivity contribution in [3.05, 3.63) is 66.2 Å². The van der Waals surface area contributed by atoms with Crippen LogP contribution in [0.15, 0.2) is 65.8 Å². The van der Waals surface area contributed by atoms with Crippen molar-refractivity contribution in [3.8, 4) is 0 Å². The van der Waals surface area contributed by atoms with Gasteiger partial charge in [-0.2, -0.15) is 5.10 Å². The van der Waals surface area contributed by atoms with Crippen LogP contribution in [0.2, 0.25) is 0 Å². The van der Waals surface area contributed by atoms with Crippen molar-refractivity contribution in [1.82, 2.24) is 0 Å². The third-order valence-corrected chi connectivity index (χ3v) is 3.27. The van der Waals surface area contributed by atoms with Crippen LogP contribution in [-0.2, 0) is 0 Å². The van der Waals surface area contributed by atoms with Gasteiger partial charge in [0, 0.05) is 12.1 Å². The van der Waals surface area contributed by atoms with Gasteiger partial charge in [0.1, 0.15) is 0 Å². The van der Waals surface area contributed by atoms with E-state index in [2.05, 4.69) is 71.6 Å². The van der Waals surface area contributed by atoms with Gasteiger partial charge >= 0.3 is 0 Å². The van der Waals surface area contributed by atoms with E-state index in [1.165, 1.54) is 11.3 Å². The van der Waals surface area contributed by atoms with E-state index in [-0.39, 0.29) is 0 Å². The van der Waals surface area contributed by atoms with Crippen LogP contribution < -0.4 is 5.01 Å². The SMILES string of the molecule is CC1=NN(c2ccccc2)[C@@H](c2ccccc2)C1. The quantitative estimate of drug-likeness (QED) is 0.769. The molecule has 2 aromatic rings. The van der Waals surface area contributed by atoms with Gasteiger partial charge in [0.25, 0.3) is 0 Å². The molecule has 0 saturated carbocycles. The van der Waals surface area contributed by atoms with Crippen molar-refractivity contribution in [3.63, 3.8) is 0 Å². The average Bonchev–Trinajstić information content (AvgIpc) is 2.83. The summed E-state index contributed by atoms with van der Waals surface area (Å²) in [5, 5.41) is 6.80. The van der Waals surface area contributed by atoms with Gasteiger partial charge in [0.05, 0.1) is 11.7 Å². The minimum atomic E-state index is 0.327. The van der Waals surface area contributed by atoms with Gasteiger partial charge in [0.2, 0.25) is 0 Å². The van der Waals surface area contributed by atoms with E-state index >= 15 is 0 Å². The highest BCUT2D eigenvalue weighted by Gasteiger charge is 2.26. The Morgan fingerprint density at radius 1 is 0.944 bits per heavy atom. The summed E-state index contributed by atoms with van der Waals surface area (Å²) in [6, 6.07) is 21.3. The molecule has 1 heterocycles. The first-order chi connectivity index (χ1) is 8.84. The molecule has 0 bridgehead atoms. The van der Waals surface area contributed by atoms with E-state index < -0.39 is 0 Å². The molecular formula is C16H16N2. The largest absolute Gasteiger partial charge is 0.258 e. The van der Waals surface area contributed by atoms with Gasteiger partial charge in [0.15, 0.2) is 0 Å². The second-order valence-corrected chi connectivity index (χ2v) is 4.65. The Morgan fingerprint density at radius 2 is 1.56 bits per heavy atom. The molecule has 0 radical (unpaired) electrons. The molecule has 0 N–H and O–H groups in total. The molecule has 1 aliphatic heterocycles. The predicted molar refractivity (Wildman–Crippen MR) is 75.8 cm³/mol. The minimum Gasteiger partial charge on any atom is -0.258 e. The summed E-state index contributed by atoms with van der Waals surface area (Å²) in [6.07, 6.45) is 0.999. The maximum atomic E-state index is 4.67. The van der Waals surface area contributed by atoms with E-state index in [1.54, 1.807) is 0 Å². The fourth-order valence-corrected chi connectivity index (χ4v) is 2.41. The van der Waals surface area contributed by atoms with Gasteiger partial charge in [-0.25, -0.2) is 0 Å². The second kappa shape index (κ2) is 4.65. The number of hydrogen-bond donors (Lipinski definition) is 0. The minimum absolute atomic E-state index is 0.327. The molecule has 3 rings (SSSR count). The molecule has 0 fully saturated rings. The Hall–Kier alpha value is -2.09. The van der Waals surface area contributed by atoms with Gasteiger partial charge < -0.3 is 0 Å². The fraction of sp³-hybridized carbons (Fsp3) is 0.188. The summed E-state index contributed by atoms with van der Waals surface area (Å²) in [5.74, 6) is 0. The van der Waals surface area contributed by atoms with E-state index in [1.807, 2.05) is 6.07 Å². The summed E-state index contributed by atoms with van der Waals surface area (Å²) in [5.41, 5.74) is 3.66. The smallest absolute Gasteiger partial charge is 0.0828 e. The fourth-order valence-electron chi connectivity index (χ4n) is 2.41. The van der Waals surface area contributed by atoms with Crippen molar-refractivity contribution < 1.29 is 0 Å². The van der Waals surface area contributed by atoms with Crippen LogP contribution >= 0.6 is 0 Å². The summed E-state index contributed by atoms with van der Waals surface area (Å²) in [4.78, 5) is 0. The van der Waals surface area contributed by atoms with Crippen molar-refractivity contribution in [2.24, 2.45) is 5.10 Å². The van der Waals surface area contributed by atoms with Gasteiger partial charge in [-0.3, -0.25) is 5.01 Å². The first-order valence-corrected chi connectivity index (χ1v) is 6.28. The van der Waals surface area contributed by atoms with Crippen molar-refractivity contribution in [2.45, 2.75) is 19.4 Å². The third-order valence-electron chi connectivity index (χ3n) is 3.27. The van der Waals surface area contributed by atoms with Crippen molar-refractivity contribution >= 4 is 11.4 Å². The Labute approximate surface area is 108 Å². The molecule has 2 nitrogen and oxygen atoms in total. The topological polar surface area (TPSA) is 15.6 Å². The normalized spacial score (nSPS) is 18.8. The molecular weight excluding hydrogens is 220 g/mol. The van der Waals surface area contributed by atoms with E-state index in [0.29, 0.717) is 6.04 Å². The lowest BCUT2D eigenvalue weighted by Gasteiger charge is -2.23. The highest BCUT2D eigenvalue weighted by Crippen LogP contribution is 2.34. The molecule has 0 aliphatic carbocycles. The standard InChI is InChI=1S/C16H16N2/c1-13-12-16(14-8-4-2-5-9-14)18(17-13)15-10-6-3-7-11-15/h2-11,16H,12H2,1H3/t16-/m1/s1. The molecule has 0 unspecified atom stereocenters. The molecule has 2 aromatic carbocycles. The highest BCUT2D eigenvalue weighted by molar-refractivity contribution is 5.86. The van der Waals surface area contributed by atoms with Crippen LogP contribution in [0.3, 0.4) is 0 Å². The number of benzene rings is 2. The van der Waals surface area contributed by atoms with Crippen LogP contribution in [0.4, 0.5) is 5.69 Å². The monoisotopic (exact) mass is 236 g/mol. The number of hydrogen-bond acceptors (Lipinski definition) is 2. The van der Waals surface area contributed by atoms with Crippen LogP contribution in [-0.4, -0.2) is 5.71 Å². The zero-order chi connectivity index (χ0) is 12.4. The third kappa shape index (κ3) is 2.02. The molecule has 0 amide bonds. The summed E-state index contributed by atoms with van der Waals surface area (Å²) < 4.78 is 0. The second-order valence-electron chi connectivity index (χ2n) is 4.65. The number of anilines is 1. The van der Waals surface area contributed by atoms with E-state index in [4.69, 9.17) is 0 Å². The first-order valence-electron chi connectivity index (χ1n) is 6.28. The lowest BCUT2D eigenvalue weighted by molar-refractivity contribution is 0.709. The Kier molecular flexibility index (Phi) is 2.85. The molecule has 0 saturated heterocycles. The summed E-state index contributed by atoms with van der Waals surface area (Å²) in [7, 11) is 0. The number of rotatable bonds is 2. The molecule has 0 spiro atoms. The maximum Gasteiger partial charge on any atom is 0.0828 e. The number of para-hydroxylation sites is 1. The zero-order valence-electron chi connectivity index (χ0n) is 10.5. The highest BCUT2D eigenvalue weighted by atomic mass is 15.5. The molecule has 0 aromatic heterocycles. The molecule has 18 heavy (non-hydrogen) atoms. The predicted octanol–water partition coefficient (Wildman–Crippen LogP) is 4.01. The molecule has 90 valence electrons. The molecule has 1 atom stereocenters. The zero-order valence-corrected chi connectivity index (χ0v) is 10.5. The van der Waals surface area contributed by atoms with E-state index in [9.17, 15) is 0 Å². The van der Waals surface area contributed by atoms with Crippen LogP contribution in [0.5, 0.6) is 0 Å². The maximum absolute atomic E-state index is 4.67. The average molecular weight is 236 g/mol. The van der Waals surface area contributed by atoms with Crippen molar-refractivity contribution in [1.29, 1.82) is 0 Å². The number of nitrogens with zero attached hydrogens (tertiary/aromatic N) is 2. The lowest BCUT2D eigenvalue weighted by atomic mass is 10.0. The van der Waals surface area contributed by atoms with Crippen LogP contribution in [0, 0.1) is 0 Å². The van der Waals surface area contributed by atoms with Crippen LogP contribution in [0.1, 0.15) is 24.9 Å². The summed E-state index contributed by atoms with van der Waals surface area (Å²) >= 11 is 0. The van der Waals surface area contributed by atoms with Crippen molar-refractivity contribution in [2.75, 3.05) is 5.01 Å². The van der Waals surface area contributed by atoms with Gasteiger partial charge in [-0.05, 0) is 24.6 Å². The number of hydrazone groups is 1. The summed E-state index contributed by atoms with van der Waals surface area (Å²) in [6.45, 7) is 2.10. The Morgan fingerprint density at radius 3 is 2.22 bits per heavy atom. The van der Waals surface area contributed by atoms with Gasteiger partial charge in [-0.1, -0.05) is 48.5 Å². The van der Waals surface area contributed by atoms with Gasteiger partial charge in [-0.15, -0.1) is 0 Å². The van der Waals surface area contributed by atoms with E-state index in [0.717, 1.165) is 12.1 Å². The Balaban J connectivity index is 1.97.